The zero-order valence-corrected chi connectivity index (χ0v) is 14.6. The topological polar surface area (TPSA) is 50.2 Å². The van der Waals surface area contributed by atoms with Crippen LogP contribution in [0.15, 0.2) is 48.5 Å². The molecule has 1 fully saturated rings. The Hall–Kier alpha value is -2.82. The number of carbonyl (C=O) groups is 1. The van der Waals surface area contributed by atoms with Gasteiger partial charge in [0.2, 0.25) is 0 Å². The molecule has 2 heterocycles. The number of fused-ring (bicyclic) bond motifs is 1. The number of benzene rings is 2. The predicted molar refractivity (Wildman–Crippen MR) is 99.8 cm³/mol. The molecule has 1 atom stereocenters. The molecule has 2 aromatic carbocycles. The molecule has 0 unspecified atom stereocenters. The highest BCUT2D eigenvalue weighted by Crippen LogP contribution is 2.27. The van der Waals surface area contributed by atoms with Crippen LogP contribution in [0.25, 0.3) is 11.0 Å². The summed E-state index contributed by atoms with van der Waals surface area (Å²) in [6, 6.07) is 16.3. The van der Waals surface area contributed by atoms with E-state index in [4.69, 9.17) is 0 Å². The zero-order valence-electron chi connectivity index (χ0n) is 14.6. The van der Waals surface area contributed by atoms with Crippen molar-refractivity contribution in [3.05, 3.63) is 59.9 Å². The van der Waals surface area contributed by atoms with Gasteiger partial charge in [-0.15, -0.1) is 0 Å². The monoisotopic (exact) mass is 334 g/mol. The van der Waals surface area contributed by atoms with E-state index in [1.165, 1.54) is 5.56 Å². The molecule has 5 heteroatoms. The number of aromatic nitrogens is 2. The molecule has 0 spiro atoms. The van der Waals surface area contributed by atoms with Gasteiger partial charge >= 0.3 is 6.03 Å². The number of aryl methyl sites for hydroxylation is 2. The lowest BCUT2D eigenvalue weighted by molar-refractivity contribution is 0.222. The molecular weight excluding hydrogens is 312 g/mol. The second kappa shape index (κ2) is 6.24. The van der Waals surface area contributed by atoms with Crippen LogP contribution in [0.2, 0.25) is 0 Å². The molecule has 0 aliphatic carbocycles. The number of hydrogen-bond donors (Lipinski definition) is 1. The van der Waals surface area contributed by atoms with Crippen LogP contribution in [0.1, 0.15) is 23.7 Å². The summed E-state index contributed by atoms with van der Waals surface area (Å²) in [5, 5.41) is 3.01. The van der Waals surface area contributed by atoms with Crippen molar-refractivity contribution in [1.82, 2.24) is 14.5 Å². The molecule has 0 bridgehead atoms. The van der Waals surface area contributed by atoms with Gasteiger partial charge in [0.15, 0.2) is 0 Å². The maximum absolute atomic E-state index is 12.6. The van der Waals surface area contributed by atoms with Gasteiger partial charge < -0.3 is 14.8 Å². The van der Waals surface area contributed by atoms with E-state index in [0.717, 1.165) is 42.1 Å². The second-order valence-corrected chi connectivity index (χ2v) is 6.69. The molecule has 1 saturated heterocycles. The number of urea groups is 1. The van der Waals surface area contributed by atoms with E-state index in [9.17, 15) is 4.79 Å². The van der Waals surface area contributed by atoms with E-state index < -0.39 is 0 Å². The normalized spacial score (nSPS) is 17.2. The van der Waals surface area contributed by atoms with Crippen molar-refractivity contribution < 1.29 is 4.79 Å². The van der Waals surface area contributed by atoms with Crippen LogP contribution in [0.3, 0.4) is 0 Å². The number of amides is 2. The predicted octanol–water partition coefficient (Wildman–Crippen LogP) is 3.90. The van der Waals surface area contributed by atoms with E-state index in [1.54, 1.807) is 0 Å². The number of nitrogens with zero attached hydrogens (tertiary/aromatic N) is 3. The lowest BCUT2D eigenvalue weighted by Gasteiger charge is -2.17. The standard InChI is InChI=1S/C20H22N4O/c1-14-21-18-12-17(8-9-19(18)23(14)2)22-20(25)24-11-10-16(13-24)15-6-4-3-5-7-15/h3-9,12,16H,10-11,13H2,1-2H3,(H,22,25)/t16-/m1/s1. The highest BCUT2D eigenvalue weighted by Gasteiger charge is 2.27. The molecule has 1 aliphatic rings. The van der Waals surface area contributed by atoms with Crippen LogP contribution in [-0.2, 0) is 7.05 Å². The minimum absolute atomic E-state index is 0.0366. The van der Waals surface area contributed by atoms with Crippen LogP contribution < -0.4 is 5.32 Å². The fourth-order valence-electron chi connectivity index (χ4n) is 3.54. The Bertz CT molecular complexity index is 916. The van der Waals surface area contributed by atoms with Crippen LogP contribution in [0.4, 0.5) is 10.5 Å². The van der Waals surface area contributed by atoms with E-state index in [0.29, 0.717) is 5.92 Å². The summed E-state index contributed by atoms with van der Waals surface area (Å²) >= 11 is 0. The van der Waals surface area contributed by atoms with E-state index in [1.807, 2.05) is 47.7 Å². The highest BCUT2D eigenvalue weighted by molar-refractivity contribution is 5.92. The Morgan fingerprint density at radius 3 is 2.80 bits per heavy atom. The third kappa shape index (κ3) is 2.97. The van der Waals surface area contributed by atoms with Crippen LogP contribution in [-0.4, -0.2) is 33.6 Å². The first-order chi connectivity index (χ1) is 12.1. The van der Waals surface area contributed by atoms with Crippen LogP contribution in [0.5, 0.6) is 0 Å². The third-order valence-electron chi connectivity index (χ3n) is 5.10. The summed E-state index contributed by atoms with van der Waals surface area (Å²) in [5.74, 6) is 1.39. The van der Waals surface area contributed by atoms with E-state index in [2.05, 4.69) is 34.6 Å². The second-order valence-electron chi connectivity index (χ2n) is 6.69. The number of hydrogen-bond acceptors (Lipinski definition) is 2. The van der Waals surface area contributed by atoms with Crippen LogP contribution in [0, 0.1) is 6.92 Å². The van der Waals surface area contributed by atoms with Gasteiger partial charge in [0, 0.05) is 31.7 Å². The maximum atomic E-state index is 12.6. The Balaban J connectivity index is 1.45. The average Bonchev–Trinajstić information content (AvgIpc) is 3.22. The van der Waals surface area contributed by atoms with Gasteiger partial charge in [0.05, 0.1) is 11.0 Å². The SMILES string of the molecule is Cc1nc2cc(NC(=O)N3CC[C@@H](c4ccccc4)C3)ccc2n1C. The van der Waals surface area contributed by atoms with Crippen molar-refractivity contribution in [3.63, 3.8) is 0 Å². The van der Waals surface area contributed by atoms with Gasteiger partial charge in [-0.2, -0.15) is 0 Å². The van der Waals surface area contributed by atoms with Crippen molar-refractivity contribution in [2.75, 3.05) is 18.4 Å². The van der Waals surface area contributed by atoms with Gasteiger partial charge in [-0.3, -0.25) is 0 Å². The Morgan fingerprint density at radius 2 is 2.00 bits per heavy atom. The Morgan fingerprint density at radius 1 is 1.20 bits per heavy atom. The summed E-state index contributed by atoms with van der Waals surface area (Å²) in [6.07, 6.45) is 1.01. The van der Waals surface area contributed by atoms with E-state index in [-0.39, 0.29) is 6.03 Å². The van der Waals surface area contributed by atoms with Crippen molar-refractivity contribution in [2.45, 2.75) is 19.3 Å². The Kier molecular flexibility index (Phi) is 3.92. The van der Waals surface area contributed by atoms with Crippen molar-refractivity contribution in [2.24, 2.45) is 7.05 Å². The minimum Gasteiger partial charge on any atom is -0.331 e. The molecule has 3 aromatic rings. The van der Waals surface area contributed by atoms with Gasteiger partial charge in [-0.25, -0.2) is 9.78 Å². The third-order valence-corrected chi connectivity index (χ3v) is 5.10. The zero-order chi connectivity index (χ0) is 17.4. The first-order valence-corrected chi connectivity index (χ1v) is 8.66. The van der Waals surface area contributed by atoms with Crippen molar-refractivity contribution in [3.8, 4) is 0 Å². The van der Waals surface area contributed by atoms with E-state index >= 15 is 0 Å². The molecule has 1 aliphatic heterocycles. The van der Waals surface area contributed by atoms with Gasteiger partial charge in [-0.1, -0.05) is 30.3 Å². The molecule has 0 saturated carbocycles. The van der Waals surface area contributed by atoms with Crippen molar-refractivity contribution in [1.29, 1.82) is 0 Å². The first-order valence-electron chi connectivity index (χ1n) is 8.66. The Labute approximate surface area is 147 Å². The number of nitrogens with one attached hydrogen (secondary N) is 1. The number of rotatable bonds is 2. The number of carbonyl (C=O) groups excluding carboxylic acids is 1. The molecule has 5 nitrogen and oxygen atoms in total. The average molecular weight is 334 g/mol. The molecule has 1 N–H and O–H groups in total. The highest BCUT2D eigenvalue weighted by atomic mass is 16.2. The summed E-state index contributed by atoms with van der Waals surface area (Å²) < 4.78 is 2.05. The molecule has 25 heavy (non-hydrogen) atoms. The number of anilines is 1. The first kappa shape index (κ1) is 15.7. The number of likely N-dealkylation sites (tertiary alicyclic amines) is 1. The molecule has 2 amide bonds. The van der Waals surface area contributed by atoms with Gasteiger partial charge in [0.1, 0.15) is 5.82 Å². The minimum atomic E-state index is -0.0366. The smallest absolute Gasteiger partial charge is 0.321 e. The summed E-state index contributed by atoms with van der Waals surface area (Å²) in [4.78, 5) is 19.0. The fraction of sp³-hybridized carbons (Fsp3) is 0.300. The lowest BCUT2D eigenvalue weighted by Crippen LogP contribution is -2.32. The molecule has 4 rings (SSSR count). The molecular formula is C20H22N4O. The fourth-order valence-corrected chi connectivity index (χ4v) is 3.54. The molecule has 128 valence electrons. The maximum Gasteiger partial charge on any atom is 0.321 e. The van der Waals surface area contributed by atoms with Crippen molar-refractivity contribution >= 4 is 22.8 Å². The lowest BCUT2D eigenvalue weighted by atomic mass is 9.99. The largest absolute Gasteiger partial charge is 0.331 e. The summed E-state index contributed by atoms with van der Waals surface area (Å²) in [6.45, 7) is 3.53. The summed E-state index contributed by atoms with van der Waals surface area (Å²) in [5.41, 5.74) is 4.07. The van der Waals surface area contributed by atoms with Gasteiger partial charge in [-0.05, 0) is 37.1 Å². The molecule has 1 aromatic heterocycles. The quantitative estimate of drug-likeness (QED) is 0.772. The van der Waals surface area contributed by atoms with Crippen LogP contribution >= 0.6 is 0 Å². The van der Waals surface area contributed by atoms with Gasteiger partial charge in [0.25, 0.3) is 0 Å². The molecule has 0 radical (unpaired) electrons. The number of imidazole rings is 1. The summed E-state index contributed by atoms with van der Waals surface area (Å²) in [7, 11) is 2.00.